The zero-order valence-corrected chi connectivity index (χ0v) is 8.30. The SMILES string of the molecule is [C-]#[N+]CCc1ccccc1-n1ccnc1. The molecular weight excluding hydrogens is 186 g/mol. The predicted molar refractivity (Wildman–Crippen MR) is 58.7 cm³/mol. The van der Waals surface area contributed by atoms with E-state index in [0.717, 1.165) is 12.1 Å². The molecule has 0 spiro atoms. The molecule has 0 N–H and O–H groups in total. The average molecular weight is 197 g/mol. The first-order valence-corrected chi connectivity index (χ1v) is 4.81. The summed E-state index contributed by atoms with van der Waals surface area (Å²) < 4.78 is 1.97. The highest BCUT2D eigenvalue weighted by Crippen LogP contribution is 2.14. The summed E-state index contributed by atoms with van der Waals surface area (Å²) in [4.78, 5) is 7.40. The molecule has 0 atom stereocenters. The van der Waals surface area contributed by atoms with Crippen LogP contribution >= 0.6 is 0 Å². The van der Waals surface area contributed by atoms with Gasteiger partial charge >= 0.3 is 0 Å². The fraction of sp³-hybridized carbons (Fsp3) is 0.167. The van der Waals surface area contributed by atoms with Gasteiger partial charge in [-0.15, -0.1) is 0 Å². The van der Waals surface area contributed by atoms with Crippen LogP contribution in [0.1, 0.15) is 5.56 Å². The number of benzene rings is 1. The Morgan fingerprint density at radius 1 is 1.33 bits per heavy atom. The van der Waals surface area contributed by atoms with Crippen molar-refractivity contribution < 1.29 is 0 Å². The van der Waals surface area contributed by atoms with Crippen molar-refractivity contribution >= 4 is 0 Å². The van der Waals surface area contributed by atoms with Gasteiger partial charge in [0.1, 0.15) is 0 Å². The lowest BCUT2D eigenvalue weighted by Gasteiger charge is -2.07. The Bertz CT molecular complexity index is 466. The van der Waals surface area contributed by atoms with Crippen LogP contribution in [0.5, 0.6) is 0 Å². The molecule has 0 bridgehead atoms. The van der Waals surface area contributed by atoms with E-state index in [2.05, 4.69) is 15.9 Å². The van der Waals surface area contributed by atoms with Crippen molar-refractivity contribution in [2.75, 3.05) is 6.54 Å². The first kappa shape index (κ1) is 9.47. The lowest BCUT2D eigenvalue weighted by molar-refractivity contribution is 0.988. The van der Waals surface area contributed by atoms with E-state index in [-0.39, 0.29) is 0 Å². The predicted octanol–water partition coefficient (Wildman–Crippen LogP) is 2.33. The van der Waals surface area contributed by atoms with E-state index < -0.39 is 0 Å². The molecule has 1 aromatic carbocycles. The molecule has 0 fully saturated rings. The minimum absolute atomic E-state index is 0.533. The van der Waals surface area contributed by atoms with Crippen molar-refractivity contribution in [2.24, 2.45) is 0 Å². The second kappa shape index (κ2) is 4.43. The summed E-state index contributed by atoms with van der Waals surface area (Å²) in [7, 11) is 0. The van der Waals surface area contributed by atoms with Gasteiger partial charge in [0.25, 0.3) is 0 Å². The van der Waals surface area contributed by atoms with E-state index in [1.165, 1.54) is 5.56 Å². The van der Waals surface area contributed by atoms with Crippen LogP contribution in [0.4, 0.5) is 0 Å². The topological polar surface area (TPSA) is 22.2 Å². The van der Waals surface area contributed by atoms with Gasteiger partial charge in [0.2, 0.25) is 6.54 Å². The van der Waals surface area contributed by atoms with Crippen molar-refractivity contribution in [2.45, 2.75) is 6.42 Å². The average Bonchev–Trinajstić information content (AvgIpc) is 2.80. The molecular formula is C12H11N3. The monoisotopic (exact) mass is 197 g/mol. The van der Waals surface area contributed by atoms with Crippen LogP contribution in [0.25, 0.3) is 10.5 Å². The first-order valence-electron chi connectivity index (χ1n) is 4.81. The third-order valence-corrected chi connectivity index (χ3v) is 2.27. The maximum absolute atomic E-state index is 6.80. The molecule has 3 heteroatoms. The van der Waals surface area contributed by atoms with Crippen LogP contribution in [0, 0.1) is 6.57 Å². The zero-order valence-electron chi connectivity index (χ0n) is 8.30. The van der Waals surface area contributed by atoms with E-state index in [1.807, 2.05) is 29.0 Å². The quantitative estimate of drug-likeness (QED) is 0.692. The van der Waals surface area contributed by atoms with Crippen molar-refractivity contribution in [1.82, 2.24) is 9.55 Å². The van der Waals surface area contributed by atoms with Gasteiger partial charge in [-0.1, -0.05) is 18.2 Å². The Balaban J connectivity index is 2.35. The summed E-state index contributed by atoms with van der Waals surface area (Å²) in [6.07, 6.45) is 6.23. The Hall–Kier alpha value is -2.08. The zero-order chi connectivity index (χ0) is 10.5. The summed E-state index contributed by atoms with van der Waals surface area (Å²) in [6, 6.07) is 8.10. The van der Waals surface area contributed by atoms with Crippen LogP contribution in [0.2, 0.25) is 0 Å². The van der Waals surface area contributed by atoms with Crippen LogP contribution < -0.4 is 0 Å². The van der Waals surface area contributed by atoms with E-state index in [1.54, 1.807) is 12.5 Å². The third kappa shape index (κ3) is 2.05. The molecule has 1 aromatic heterocycles. The molecule has 2 rings (SSSR count). The highest BCUT2D eigenvalue weighted by Gasteiger charge is 2.03. The number of aromatic nitrogens is 2. The normalized spacial score (nSPS) is 9.80. The smallest absolute Gasteiger partial charge is 0.218 e. The molecule has 0 radical (unpaired) electrons. The molecule has 2 aromatic rings. The largest absolute Gasteiger partial charge is 0.317 e. The summed E-state index contributed by atoms with van der Waals surface area (Å²) in [5, 5.41) is 0. The standard InChI is InChI=1S/C12H11N3/c1-13-7-6-11-4-2-3-5-12(11)15-9-8-14-10-15/h2-5,8-10H,6-7H2. The van der Waals surface area contributed by atoms with Crippen molar-refractivity contribution in [3.05, 3.63) is 60.0 Å². The number of imidazole rings is 1. The van der Waals surface area contributed by atoms with Crippen LogP contribution in [0.3, 0.4) is 0 Å². The van der Waals surface area contributed by atoms with Gasteiger partial charge in [0.05, 0.1) is 6.33 Å². The van der Waals surface area contributed by atoms with Gasteiger partial charge in [-0.25, -0.2) is 11.6 Å². The summed E-state index contributed by atoms with van der Waals surface area (Å²) >= 11 is 0. The molecule has 3 nitrogen and oxygen atoms in total. The van der Waals surface area contributed by atoms with Crippen LogP contribution in [-0.4, -0.2) is 16.1 Å². The van der Waals surface area contributed by atoms with Crippen molar-refractivity contribution in [3.8, 4) is 5.69 Å². The lowest BCUT2D eigenvalue weighted by atomic mass is 10.1. The van der Waals surface area contributed by atoms with Crippen molar-refractivity contribution in [1.29, 1.82) is 0 Å². The molecule has 0 saturated carbocycles. The van der Waals surface area contributed by atoms with Crippen LogP contribution in [0.15, 0.2) is 43.0 Å². The fourth-order valence-electron chi connectivity index (χ4n) is 1.55. The molecule has 0 aliphatic heterocycles. The van der Waals surface area contributed by atoms with E-state index in [9.17, 15) is 0 Å². The fourth-order valence-corrected chi connectivity index (χ4v) is 1.55. The highest BCUT2D eigenvalue weighted by molar-refractivity contribution is 5.41. The Kier molecular flexibility index (Phi) is 2.80. The Morgan fingerprint density at radius 2 is 2.20 bits per heavy atom. The number of para-hydroxylation sites is 1. The number of hydrogen-bond donors (Lipinski definition) is 0. The van der Waals surface area contributed by atoms with Gasteiger partial charge in [-0.3, -0.25) is 0 Å². The first-order chi connectivity index (χ1) is 7.42. The van der Waals surface area contributed by atoms with Crippen LogP contribution in [-0.2, 0) is 6.42 Å². The Morgan fingerprint density at radius 3 is 2.93 bits per heavy atom. The highest BCUT2D eigenvalue weighted by atomic mass is 15.0. The summed E-state index contributed by atoms with van der Waals surface area (Å²) in [5.41, 5.74) is 2.30. The minimum atomic E-state index is 0.533. The number of rotatable bonds is 3. The molecule has 0 aliphatic carbocycles. The molecule has 0 aliphatic rings. The molecule has 0 saturated heterocycles. The van der Waals surface area contributed by atoms with Gasteiger partial charge in [-0.05, 0) is 11.6 Å². The second-order valence-corrected chi connectivity index (χ2v) is 3.23. The number of nitrogens with zero attached hydrogens (tertiary/aromatic N) is 3. The van der Waals surface area contributed by atoms with Gasteiger partial charge < -0.3 is 9.41 Å². The van der Waals surface area contributed by atoms with Crippen molar-refractivity contribution in [3.63, 3.8) is 0 Å². The lowest BCUT2D eigenvalue weighted by Crippen LogP contribution is -1.98. The molecule has 0 amide bonds. The summed E-state index contributed by atoms with van der Waals surface area (Å²) in [6.45, 7) is 7.34. The number of hydrogen-bond acceptors (Lipinski definition) is 1. The molecule has 15 heavy (non-hydrogen) atoms. The van der Waals surface area contributed by atoms with E-state index >= 15 is 0 Å². The maximum Gasteiger partial charge on any atom is 0.218 e. The minimum Gasteiger partial charge on any atom is -0.317 e. The maximum atomic E-state index is 6.80. The Labute approximate surface area is 88.8 Å². The third-order valence-electron chi connectivity index (χ3n) is 2.27. The van der Waals surface area contributed by atoms with E-state index in [4.69, 9.17) is 6.57 Å². The van der Waals surface area contributed by atoms with Gasteiger partial charge in [-0.2, -0.15) is 0 Å². The second-order valence-electron chi connectivity index (χ2n) is 3.23. The molecule has 1 heterocycles. The van der Waals surface area contributed by atoms with Gasteiger partial charge in [0, 0.05) is 24.5 Å². The van der Waals surface area contributed by atoms with Gasteiger partial charge in [0.15, 0.2) is 0 Å². The van der Waals surface area contributed by atoms with E-state index in [0.29, 0.717) is 6.54 Å². The molecule has 0 unspecified atom stereocenters. The molecule has 74 valence electrons. The summed E-state index contributed by atoms with van der Waals surface area (Å²) in [5.74, 6) is 0.